The molecule has 0 bridgehead atoms. The van der Waals surface area contributed by atoms with Gasteiger partial charge in [-0.1, -0.05) is 48.2 Å². The Morgan fingerprint density at radius 3 is 2.38 bits per heavy atom. The summed E-state index contributed by atoms with van der Waals surface area (Å²) >= 11 is 1.37. The normalized spacial score (nSPS) is 10.7. The van der Waals surface area contributed by atoms with Crippen molar-refractivity contribution in [1.29, 1.82) is 0 Å². The second kappa shape index (κ2) is 8.70. The average molecular weight is 401 g/mol. The number of carbonyl (C=O) groups is 1. The van der Waals surface area contributed by atoms with Crippen LogP contribution in [0.5, 0.6) is 0 Å². The van der Waals surface area contributed by atoms with Crippen molar-refractivity contribution in [2.75, 3.05) is 17.7 Å². The van der Waals surface area contributed by atoms with E-state index in [1.54, 1.807) is 24.3 Å². The molecule has 29 heavy (non-hydrogen) atoms. The maximum atomic E-state index is 12.7. The fourth-order valence-electron chi connectivity index (χ4n) is 2.87. The molecule has 0 atom stereocenters. The Morgan fingerprint density at radius 2 is 1.69 bits per heavy atom. The van der Waals surface area contributed by atoms with Crippen molar-refractivity contribution in [3.8, 4) is 17.1 Å². The van der Waals surface area contributed by atoms with Gasteiger partial charge in [0.15, 0.2) is 11.0 Å². The van der Waals surface area contributed by atoms with Crippen LogP contribution in [0, 0.1) is 0 Å². The van der Waals surface area contributed by atoms with Crippen molar-refractivity contribution in [1.82, 2.24) is 19.7 Å². The topological polar surface area (TPSA) is 63.9 Å². The summed E-state index contributed by atoms with van der Waals surface area (Å²) in [6.45, 7) is 0. The van der Waals surface area contributed by atoms with Crippen LogP contribution in [-0.4, -0.2) is 38.5 Å². The van der Waals surface area contributed by atoms with Crippen molar-refractivity contribution in [3.63, 3.8) is 0 Å². The van der Waals surface area contributed by atoms with Crippen LogP contribution in [0.25, 0.3) is 17.1 Å². The van der Waals surface area contributed by atoms with Crippen LogP contribution in [0.1, 0.15) is 0 Å². The summed E-state index contributed by atoms with van der Waals surface area (Å²) in [6.07, 6.45) is 3.48. The molecule has 4 rings (SSSR count). The summed E-state index contributed by atoms with van der Waals surface area (Å²) in [5, 5.41) is 9.38. The van der Waals surface area contributed by atoms with Crippen molar-refractivity contribution in [2.24, 2.45) is 0 Å². The molecule has 0 aliphatic heterocycles. The molecule has 0 saturated carbocycles. The summed E-state index contributed by atoms with van der Waals surface area (Å²) in [5.74, 6) is 0.936. The Bertz CT molecular complexity index is 1080. The molecule has 144 valence electrons. The molecule has 0 fully saturated rings. The van der Waals surface area contributed by atoms with E-state index in [9.17, 15) is 4.79 Å². The maximum Gasteiger partial charge on any atom is 0.237 e. The van der Waals surface area contributed by atoms with Crippen LogP contribution < -0.4 is 4.90 Å². The van der Waals surface area contributed by atoms with E-state index in [1.807, 2.05) is 77.4 Å². The first-order valence-electron chi connectivity index (χ1n) is 9.09. The molecule has 0 aliphatic rings. The van der Waals surface area contributed by atoms with Gasteiger partial charge in [-0.2, -0.15) is 0 Å². The number of aromatic nitrogens is 4. The summed E-state index contributed by atoms with van der Waals surface area (Å²) in [7, 11) is 1.78. The van der Waals surface area contributed by atoms with Gasteiger partial charge in [-0.25, -0.2) is 0 Å². The van der Waals surface area contributed by atoms with Crippen molar-refractivity contribution >= 4 is 23.4 Å². The number of para-hydroxylation sites is 2. The van der Waals surface area contributed by atoms with Crippen molar-refractivity contribution in [2.45, 2.75) is 5.16 Å². The number of rotatable bonds is 6. The van der Waals surface area contributed by atoms with E-state index >= 15 is 0 Å². The first-order valence-corrected chi connectivity index (χ1v) is 10.1. The largest absolute Gasteiger partial charge is 0.315 e. The molecule has 2 heterocycles. The minimum Gasteiger partial charge on any atom is -0.315 e. The number of pyridine rings is 1. The zero-order valence-electron chi connectivity index (χ0n) is 15.8. The van der Waals surface area contributed by atoms with E-state index in [0.717, 1.165) is 16.9 Å². The molecule has 0 unspecified atom stereocenters. The van der Waals surface area contributed by atoms with Crippen LogP contribution >= 0.6 is 11.8 Å². The van der Waals surface area contributed by atoms with Gasteiger partial charge in [-0.3, -0.25) is 14.3 Å². The number of thioether (sulfide) groups is 1. The summed E-state index contributed by atoms with van der Waals surface area (Å²) in [6, 6.07) is 23.3. The maximum absolute atomic E-state index is 12.7. The lowest BCUT2D eigenvalue weighted by atomic mass is 10.2. The molecule has 0 spiro atoms. The average Bonchev–Trinajstić information content (AvgIpc) is 3.22. The molecule has 0 radical (unpaired) electrons. The molecule has 2 aromatic carbocycles. The third kappa shape index (κ3) is 4.20. The van der Waals surface area contributed by atoms with Crippen molar-refractivity contribution < 1.29 is 4.79 Å². The monoisotopic (exact) mass is 401 g/mol. The van der Waals surface area contributed by atoms with Crippen LogP contribution in [0.3, 0.4) is 0 Å². The van der Waals surface area contributed by atoms with Gasteiger partial charge in [0.25, 0.3) is 0 Å². The van der Waals surface area contributed by atoms with Crippen LogP contribution in [0.4, 0.5) is 5.69 Å². The lowest BCUT2D eigenvalue weighted by molar-refractivity contribution is -0.115. The lowest BCUT2D eigenvalue weighted by Gasteiger charge is -2.17. The molecule has 1 amide bonds. The van der Waals surface area contributed by atoms with Crippen molar-refractivity contribution in [3.05, 3.63) is 85.2 Å². The van der Waals surface area contributed by atoms with Gasteiger partial charge in [0.2, 0.25) is 5.91 Å². The number of hydrogen-bond donors (Lipinski definition) is 0. The van der Waals surface area contributed by atoms with Gasteiger partial charge in [0.05, 0.1) is 5.75 Å². The summed E-state index contributed by atoms with van der Waals surface area (Å²) in [4.78, 5) is 18.5. The van der Waals surface area contributed by atoms with E-state index < -0.39 is 0 Å². The Labute approximate surface area is 173 Å². The molecular weight excluding hydrogens is 382 g/mol. The SMILES string of the molecule is CN(C(=O)CSc1nnc(-c2cccnc2)n1-c1ccccc1)c1ccccc1. The molecule has 4 aromatic rings. The highest BCUT2D eigenvalue weighted by Crippen LogP contribution is 2.28. The van der Waals surface area contributed by atoms with Gasteiger partial charge in [0.1, 0.15) is 0 Å². The molecule has 2 aromatic heterocycles. The van der Waals surface area contributed by atoms with Gasteiger partial charge < -0.3 is 4.90 Å². The van der Waals surface area contributed by atoms with E-state index in [1.165, 1.54) is 11.8 Å². The molecule has 0 N–H and O–H groups in total. The van der Waals surface area contributed by atoms with Gasteiger partial charge in [0, 0.05) is 36.4 Å². The predicted molar refractivity (Wildman–Crippen MR) is 115 cm³/mol. The first-order chi connectivity index (χ1) is 14.2. The number of nitrogens with zero attached hydrogens (tertiary/aromatic N) is 5. The summed E-state index contributed by atoms with van der Waals surface area (Å²) in [5.41, 5.74) is 2.66. The first kappa shape index (κ1) is 18.9. The smallest absolute Gasteiger partial charge is 0.237 e. The van der Waals surface area contributed by atoms with Gasteiger partial charge in [-0.15, -0.1) is 10.2 Å². The number of amides is 1. The Balaban J connectivity index is 1.61. The molecule has 6 nitrogen and oxygen atoms in total. The fourth-order valence-corrected chi connectivity index (χ4v) is 3.74. The van der Waals surface area contributed by atoms with E-state index in [2.05, 4.69) is 15.2 Å². The number of hydrogen-bond acceptors (Lipinski definition) is 5. The third-order valence-corrected chi connectivity index (χ3v) is 5.32. The van der Waals surface area contributed by atoms with Crippen LogP contribution in [-0.2, 0) is 4.79 Å². The highest BCUT2D eigenvalue weighted by Gasteiger charge is 2.18. The lowest BCUT2D eigenvalue weighted by Crippen LogP contribution is -2.27. The Morgan fingerprint density at radius 1 is 0.966 bits per heavy atom. The highest BCUT2D eigenvalue weighted by molar-refractivity contribution is 7.99. The van der Waals surface area contributed by atoms with E-state index in [-0.39, 0.29) is 11.7 Å². The van der Waals surface area contributed by atoms with Crippen LogP contribution in [0.15, 0.2) is 90.3 Å². The number of carbonyl (C=O) groups excluding carboxylic acids is 1. The third-order valence-electron chi connectivity index (χ3n) is 4.41. The zero-order chi connectivity index (χ0) is 20.1. The molecular formula is C22H19N5OS. The Kier molecular flexibility index (Phi) is 5.67. The minimum absolute atomic E-state index is 0.00765. The standard InChI is InChI=1S/C22H19N5OS/c1-26(18-10-4-2-5-11-18)20(28)16-29-22-25-24-21(17-9-8-14-23-15-17)27(22)19-12-6-3-7-13-19/h2-15H,16H2,1H3. The van der Waals surface area contributed by atoms with E-state index in [4.69, 9.17) is 0 Å². The predicted octanol–water partition coefficient (Wildman–Crippen LogP) is 4.08. The second-order valence-electron chi connectivity index (χ2n) is 6.30. The van der Waals surface area contributed by atoms with E-state index in [0.29, 0.717) is 11.0 Å². The second-order valence-corrected chi connectivity index (χ2v) is 7.24. The zero-order valence-corrected chi connectivity index (χ0v) is 16.7. The summed E-state index contributed by atoms with van der Waals surface area (Å²) < 4.78 is 1.96. The molecule has 0 saturated heterocycles. The Hall–Kier alpha value is -3.45. The van der Waals surface area contributed by atoms with Gasteiger partial charge >= 0.3 is 0 Å². The van der Waals surface area contributed by atoms with Crippen LogP contribution in [0.2, 0.25) is 0 Å². The highest BCUT2D eigenvalue weighted by atomic mass is 32.2. The number of anilines is 1. The fraction of sp³-hybridized carbons (Fsp3) is 0.0909. The quantitative estimate of drug-likeness (QED) is 0.456. The minimum atomic E-state index is -0.00765. The number of benzene rings is 2. The van der Waals surface area contributed by atoms with Gasteiger partial charge in [-0.05, 0) is 36.4 Å². The molecule has 7 heteroatoms. The molecule has 0 aliphatic carbocycles.